The van der Waals surface area contributed by atoms with Gasteiger partial charge in [0.1, 0.15) is 6.61 Å². The standard InChI is InChI=1S/C24H33ClO6S/c1-16(26)31-15-18(28)6-4-2-3-5-7-20-21(23(30)14-22(20)29)12-9-17(27)8-10-19-11-13-24(25)32-19/h3,5,9,11-13,17,20-23,27,29-30H,2,4,6-8,10,14-15H2,1H3/t17-,20+,21+,22-,23+/m0/s1. The largest absolute Gasteiger partial charge is 0.458 e. The van der Waals surface area contributed by atoms with Gasteiger partial charge in [0.2, 0.25) is 0 Å². The number of aliphatic hydroxyl groups excluding tert-OH is 3. The van der Waals surface area contributed by atoms with E-state index in [1.807, 2.05) is 30.4 Å². The van der Waals surface area contributed by atoms with Crippen LogP contribution in [0, 0.1) is 11.8 Å². The molecule has 0 aliphatic heterocycles. The third-order valence-corrected chi connectivity index (χ3v) is 6.92. The third kappa shape index (κ3) is 9.55. The van der Waals surface area contributed by atoms with Crippen LogP contribution in [0.4, 0.5) is 0 Å². The number of ketones is 1. The Morgan fingerprint density at radius 1 is 1.28 bits per heavy atom. The highest BCUT2D eigenvalue weighted by atomic mass is 35.5. The van der Waals surface area contributed by atoms with Crippen molar-refractivity contribution in [3.05, 3.63) is 45.7 Å². The first-order valence-corrected chi connectivity index (χ1v) is 12.2. The Balaban J connectivity index is 1.74. The number of allylic oxidation sites excluding steroid dienone is 2. The van der Waals surface area contributed by atoms with Crippen molar-refractivity contribution >= 4 is 34.7 Å². The molecule has 1 saturated carbocycles. The summed E-state index contributed by atoms with van der Waals surface area (Å²) in [5, 5.41) is 31.0. The summed E-state index contributed by atoms with van der Waals surface area (Å²) in [6, 6.07) is 3.80. The summed E-state index contributed by atoms with van der Waals surface area (Å²) in [5.41, 5.74) is 0. The van der Waals surface area contributed by atoms with E-state index in [9.17, 15) is 24.9 Å². The number of Topliss-reactive ketones (excluding diaryl/α,β-unsaturated/α-hetero) is 1. The Kier molecular flexibility index (Phi) is 11.6. The fraction of sp³-hybridized carbons (Fsp3) is 0.583. The summed E-state index contributed by atoms with van der Waals surface area (Å²) >= 11 is 7.43. The number of esters is 1. The van der Waals surface area contributed by atoms with E-state index in [1.54, 1.807) is 6.08 Å². The number of halogens is 1. The SMILES string of the molecule is CC(=O)OCC(=O)CCCC=CC[C@@H]1[C@@H](C=C[C@@H](O)CCc2ccc(Cl)s2)[C@H](O)C[C@@H]1O. The molecule has 0 radical (unpaired) electrons. The van der Waals surface area contributed by atoms with E-state index in [2.05, 4.69) is 4.74 Å². The van der Waals surface area contributed by atoms with E-state index in [0.29, 0.717) is 38.5 Å². The number of thiophene rings is 1. The minimum absolute atomic E-state index is 0.103. The zero-order chi connectivity index (χ0) is 23.5. The Labute approximate surface area is 198 Å². The lowest BCUT2D eigenvalue weighted by Gasteiger charge is -2.19. The molecule has 0 aromatic carbocycles. The molecule has 0 spiro atoms. The normalized spacial score (nSPS) is 24.4. The van der Waals surface area contributed by atoms with Gasteiger partial charge >= 0.3 is 5.97 Å². The summed E-state index contributed by atoms with van der Waals surface area (Å²) in [6.45, 7) is 1.10. The maximum atomic E-state index is 11.6. The first-order chi connectivity index (χ1) is 15.3. The third-order valence-electron chi connectivity index (χ3n) is 5.62. The van der Waals surface area contributed by atoms with Crippen LogP contribution in [-0.4, -0.2) is 52.0 Å². The number of rotatable bonds is 13. The van der Waals surface area contributed by atoms with E-state index in [4.69, 9.17) is 11.6 Å². The van der Waals surface area contributed by atoms with Gasteiger partial charge in [0.15, 0.2) is 5.78 Å². The molecule has 178 valence electrons. The molecule has 1 aromatic rings. The number of carbonyl (C=O) groups excluding carboxylic acids is 2. The van der Waals surface area contributed by atoms with Crippen LogP contribution in [0.15, 0.2) is 36.4 Å². The van der Waals surface area contributed by atoms with Crippen molar-refractivity contribution < 1.29 is 29.6 Å². The monoisotopic (exact) mass is 484 g/mol. The fourth-order valence-corrected chi connectivity index (χ4v) is 4.98. The predicted octanol–water partition coefficient (Wildman–Crippen LogP) is 3.86. The molecule has 0 saturated heterocycles. The Bertz CT molecular complexity index is 789. The summed E-state index contributed by atoms with van der Waals surface area (Å²) < 4.78 is 5.41. The molecular weight excluding hydrogens is 452 g/mol. The number of ether oxygens (including phenoxy) is 1. The molecule has 1 heterocycles. The highest BCUT2D eigenvalue weighted by Gasteiger charge is 2.39. The van der Waals surface area contributed by atoms with E-state index in [1.165, 1.54) is 18.3 Å². The molecule has 0 amide bonds. The molecule has 1 fully saturated rings. The number of unbranched alkanes of at least 4 members (excludes halogenated alkanes) is 1. The van der Waals surface area contributed by atoms with Crippen molar-refractivity contribution in [3.8, 4) is 0 Å². The highest BCUT2D eigenvalue weighted by Crippen LogP contribution is 2.36. The number of aryl methyl sites for hydroxylation is 1. The second-order valence-corrected chi connectivity index (χ2v) is 10.0. The van der Waals surface area contributed by atoms with Crippen LogP contribution >= 0.6 is 22.9 Å². The average Bonchev–Trinajstić information content (AvgIpc) is 3.27. The minimum atomic E-state index is -0.637. The smallest absolute Gasteiger partial charge is 0.303 e. The van der Waals surface area contributed by atoms with Gasteiger partial charge in [-0.25, -0.2) is 0 Å². The van der Waals surface area contributed by atoms with Crippen molar-refractivity contribution in [1.82, 2.24) is 0 Å². The van der Waals surface area contributed by atoms with Gasteiger partial charge in [-0.15, -0.1) is 11.3 Å². The molecule has 6 nitrogen and oxygen atoms in total. The second kappa shape index (κ2) is 13.9. The summed E-state index contributed by atoms with van der Waals surface area (Å²) in [4.78, 5) is 23.4. The van der Waals surface area contributed by atoms with Gasteiger partial charge in [0.25, 0.3) is 0 Å². The second-order valence-electron chi connectivity index (χ2n) is 8.23. The molecule has 1 aliphatic rings. The van der Waals surface area contributed by atoms with Gasteiger partial charge < -0.3 is 20.1 Å². The molecule has 2 rings (SSSR count). The number of hydrogen-bond acceptors (Lipinski definition) is 7. The van der Waals surface area contributed by atoms with E-state index in [0.717, 1.165) is 15.6 Å². The molecular formula is C24H33ClO6S. The maximum Gasteiger partial charge on any atom is 0.303 e. The van der Waals surface area contributed by atoms with Gasteiger partial charge in [-0.2, -0.15) is 0 Å². The quantitative estimate of drug-likeness (QED) is 0.223. The van der Waals surface area contributed by atoms with Crippen molar-refractivity contribution in [3.63, 3.8) is 0 Å². The predicted molar refractivity (Wildman–Crippen MR) is 126 cm³/mol. The van der Waals surface area contributed by atoms with Gasteiger partial charge in [0, 0.05) is 30.6 Å². The van der Waals surface area contributed by atoms with E-state index in [-0.39, 0.29) is 24.2 Å². The molecule has 1 aliphatic carbocycles. The van der Waals surface area contributed by atoms with Crippen LogP contribution in [0.5, 0.6) is 0 Å². The molecule has 0 bridgehead atoms. The van der Waals surface area contributed by atoms with Crippen LogP contribution in [0.3, 0.4) is 0 Å². The lowest BCUT2D eigenvalue weighted by Crippen LogP contribution is -2.20. The number of carbonyl (C=O) groups is 2. The fourth-order valence-electron chi connectivity index (χ4n) is 3.88. The molecule has 1 aromatic heterocycles. The lowest BCUT2D eigenvalue weighted by atomic mass is 9.89. The Morgan fingerprint density at radius 2 is 2.06 bits per heavy atom. The van der Waals surface area contributed by atoms with Gasteiger partial charge in [-0.3, -0.25) is 9.59 Å². The van der Waals surface area contributed by atoms with Gasteiger partial charge in [0.05, 0.1) is 22.6 Å². The van der Waals surface area contributed by atoms with Crippen LogP contribution < -0.4 is 0 Å². The maximum absolute atomic E-state index is 11.6. The van der Waals surface area contributed by atoms with E-state index < -0.39 is 24.3 Å². The molecule has 3 N–H and O–H groups in total. The van der Waals surface area contributed by atoms with E-state index >= 15 is 0 Å². The first-order valence-electron chi connectivity index (χ1n) is 11.0. The molecule has 8 heteroatoms. The lowest BCUT2D eigenvalue weighted by molar-refractivity contribution is -0.145. The molecule has 5 atom stereocenters. The zero-order valence-corrected chi connectivity index (χ0v) is 19.9. The van der Waals surface area contributed by atoms with Crippen molar-refractivity contribution in [2.24, 2.45) is 11.8 Å². The number of hydrogen-bond donors (Lipinski definition) is 3. The average molecular weight is 485 g/mol. The van der Waals surface area contributed by atoms with Crippen molar-refractivity contribution in [2.45, 2.75) is 70.2 Å². The zero-order valence-electron chi connectivity index (χ0n) is 18.4. The van der Waals surface area contributed by atoms with Gasteiger partial charge in [-0.1, -0.05) is 35.9 Å². The Morgan fingerprint density at radius 3 is 2.75 bits per heavy atom. The van der Waals surface area contributed by atoms with Crippen LogP contribution in [0.1, 0.15) is 50.3 Å². The summed E-state index contributed by atoms with van der Waals surface area (Å²) in [5.74, 6) is -0.898. The topological polar surface area (TPSA) is 104 Å². The van der Waals surface area contributed by atoms with Gasteiger partial charge in [-0.05, 0) is 50.2 Å². The first kappa shape index (κ1) is 26.7. The molecule has 32 heavy (non-hydrogen) atoms. The summed E-state index contributed by atoms with van der Waals surface area (Å²) in [7, 11) is 0. The van der Waals surface area contributed by atoms with Crippen LogP contribution in [0.25, 0.3) is 0 Å². The Hall–Kier alpha value is -1.51. The summed E-state index contributed by atoms with van der Waals surface area (Å²) in [6.07, 6.45) is 9.59. The van der Waals surface area contributed by atoms with Crippen molar-refractivity contribution in [2.75, 3.05) is 6.61 Å². The van der Waals surface area contributed by atoms with Crippen LogP contribution in [-0.2, 0) is 20.7 Å². The minimum Gasteiger partial charge on any atom is -0.458 e. The van der Waals surface area contributed by atoms with Crippen molar-refractivity contribution in [1.29, 1.82) is 0 Å². The molecule has 0 unspecified atom stereocenters. The number of aliphatic hydroxyl groups is 3. The van der Waals surface area contributed by atoms with Crippen LogP contribution in [0.2, 0.25) is 4.34 Å². The highest BCUT2D eigenvalue weighted by molar-refractivity contribution is 7.16.